The number of methoxy groups -OCH3 is 1. The largest absolute Gasteiger partial charge is 0.497 e. The number of rotatable bonds is 5. The molecule has 2 rings (SSSR count). The minimum atomic E-state index is 0.472. The molecule has 0 spiro atoms. The van der Waals surface area contributed by atoms with Gasteiger partial charge < -0.3 is 14.8 Å². The van der Waals surface area contributed by atoms with Crippen LogP contribution in [0.4, 0.5) is 0 Å². The minimum Gasteiger partial charge on any atom is -0.497 e. The van der Waals surface area contributed by atoms with Gasteiger partial charge in [-0.1, -0.05) is 0 Å². The van der Waals surface area contributed by atoms with Crippen LogP contribution in [0.25, 0.3) is 0 Å². The van der Waals surface area contributed by atoms with Crippen molar-refractivity contribution in [2.24, 2.45) is 0 Å². The van der Waals surface area contributed by atoms with Crippen molar-refractivity contribution >= 4 is 0 Å². The summed E-state index contributed by atoms with van der Waals surface area (Å²) in [5.74, 6) is 1.96. The Bertz CT molecular complexity index is 483. The first-order valence-corrected chi connectivity index (χ1v) is 5.59. The summed E-state index contributed by atoms with van der Waals surface area (Å²) in [5.41, 5.74) is 0.875. The Morgan fingerprint density at radius 2 is 1.78 bits per heavy atom. The Morgan fingerprint density at radius 3 is 2.33 bits per heavy atom. The Labute approximate surface area is 106 Å². The van der Waals surface area contributed by atoms with Gasteiger partial charge in [-0.2, -0.15) is 0 Å². The molecule has 1 aromatic carbocycles. The smallest absolute Gasteiger partial charge is 0.237 e. The van der Waals surface area contributed by atoms with Gasteiger partial charge in [-0.15, -0.1) is 0 Å². The third-order valence-corrected chi connectivity index (χ3v) is 2.32. The van der Waals surface area contributed by atoms with E-state index in [9.17, 15) is 0 Å². The highest BCUT2D eigenvalue weighted by molar-refractivity contribution is 5.33. The zero-order valence-corrected chi connectivity index (χ0v) is 10.4. The first kappa shape index (κ1) is 12.3. The number of ether oxygens (including phenoxy) is 2. The predicted molar refractivity (Wildman–Crippen MR) is 67.9 cm³/mol. The fourth-order valence-electron chi connectivity index (χ4n) is 1.43. The van der Waals surface area contributed by atoms with E-state index in [1.54, 1.807) is 19.5 Å². The monoisotopic (exact) mass is 245 g/mol. The van der Waals surface area contributed by atoms with Crippen LogP contribution >= 0.6 is 0 Å². The van der Waals surface area contributed by atoms with Crippen molar-refractivity contribution in [3.8, 4) is 17.4 Å². The molecule has 0 aliphatic heterocycles. The lowest BCUT2D eigenvalue weighted by Gasteiger charge is -2.06. The van der Waals surface area contributed by atoms with Gasteiger partial charge in [0.25, 0.3) is 0 Å². The van der Waals surface area contributed by atoms with Crippen molar-refractivity contribution in [3.05, 3.63) is 42.4 Å². The Morgan fingerprint density at radius 1 is 1.06 bits per heavy atom. The van der Waals surface area contributed by atoms with Crippen LogP contribution in [-0.2, 0) is 6.54 Å². The summed E-state index contributed by atoms with van der Waals surface area (Å²) in [6.45, 7) is 0.690. The number of hydrogen-bond donors (Lipinski definition) is 1. The van der Waals surface area contributed by atoms with Gasteiger partial charge in [0, 0.05) is 6.54 Å². The van der Waals surface area contributed by atoms with Crippen molar-refractivity contribution in [2.45, 2.75) is 6.54 Å². The highest BCUT2D eigenvalue weighted by atomic mass is 16.5. The molecule has 18 heavy (non-hydrogen) atoms. The fraction of sp³-hybridized carbons (Fsp3) is 0.231. The van der Waals surface area contributed by atoms with Crippen LogP contribution in [0.3, 0.4) is 0 Å². The van der Waals surface area contributed by atoms with Crippen molar-refractivity contribution in [2.75, 3.05) is 14.2 Å². The van der Waals surface area contributed by atoms with Gasteiger partial charge in [-0.25, -0.2) is 4.98 Å². The average molecular weight is 245 g/mol. The summed E-state index contributed by atoms with van der Waals surface area (Å²) >= 11 is 0. The Kier molecular flexibility index (Phi) is 4.09. The second-order valence-corrected chi connectivity index (χ2v) is 3.65. The molecule has 0 bridgehead atoms. The van der Waals surface area contributed by atoms with Crippen LogP contribution in [0.2, 0.25) is 0 Å². The molecule has 1 N–H and O–H groups in total. The van der Waals surface area contributed by atoms with Crippen LogP contribution in [0, 0.1) is 0 Å². The van der Waals surface area contributed by atoms with Gasteiger partial charge in [-0.05, 0) is 31.3 Å². The zero-order chi connectivity index (χ0) is 12.8. The third kappa shape index (κ3) is 3.18. The van der Waals surface area contributed by atoms with E-state index in [-0.39, 0.29) is 0 Å². The summed E-state index contributed by atoms with van der Waals surface area (Å²) in [6, 6.07) is 7.31. The number of hydrogen-bond acceptors (Lipinski definition) is 5. The standard InChI is InChI=1S/C13H15N3O2/c1-14-7-10-8-16-13(9-15-10)18-12-5-3-11(17-2)4-6-12/h3-6,8-9,14H,7H2,1-2H3. The van der Waals surface area contributed by atoms with Crippen molar-refractivity contribution < 1.29 is 9.47 Å². The molecule has 0 fully saturated rings. The molecular formula is C13H15N3O2. The predicted octanol–water partition coefficient (Wildman–Crippen LogP) is 2.00. The summed E-state index contributed by atoms with van der Waals surface area (Å²) in [6.07, 6.45) is 3.30. The highest BCUT2D eigenvalue weighted by Crippen LogP contribution is 2.21. The maximum absolute atomic E-state index is 5.56. The molecular weight excluding hydrogens is 230 g/mol. The molecule has 0 atom stereocenters. The molecule has 0 saturated heterocycles. The molecule has 94 valence electrons. The molecule has 0 aliphatic carbocycles. The fourth-order valence-corrected chi connectivity index (χ4v) is 1.43. The topological polar surface area (TPSA) is 56.3 Å². The second-order valence-electron chi connectivity index (χ2n) is 3.65. The van der Waals surface area contributed by atoms with E-state index in [4.69, 9.17) is 9.47 Å². The maximum atomic E-state index is 5.56. The van der Waals surface area contributed by atoms with Crippen molar-refractivity contribution in [3.63, 3.8) is 0 Å². The molecule has 1 aromatic heterocycles. The minimum absolute atomic E-state index is 0.472. The SMILES string of the molecule is CNCc1cnc(Oc2ccc(OC)cc2)cn1. The van der Waals surface area contributed by atoms with E-state index < -0.39 is 0 Å². The van der Waals surface area contributed by atoms with E-state index >= 15 is 0 Å². The van der Waals surface area contributed by atoms with Gasteiger partial charge >= 0.3 is 0 Å². The summed E-state index contributed by atoms with van der Waals surface area (Å²) in [7, 11) is 3.49. The Hall–Kier alpha value is -2.14. The van der Waals surface area contributed by atoms with E-state index in [1.807, 2.05) is 31.3 Å². The van der Waals surface area contributed by atoms with Gasteiger partial charge in [0.15, 0.2) is 0 Å². The van der Waals surface area contributed by atoms with E-state index in [2.05, 4.69) is 15.3 Å². The lowest BCUT2D eigenvalue weighted by molar-refractivity contribution is 0.412. The average Bonchev–Trinajstić information content (AvgIpc) is 2.42. The van der Waals surface area contributed by atoms with Gasteiger partial charge in [0.1, 0.15) is 11.5 Å². The highest BCUT2D eigenvalue weighted by Gasteiger charge is 2.00. The number of aromatic nitrogens is 2. The van der Waals surface area contributed by atoms with E-state index in [0.29, 0.717) is 18.2 Å². The first-order chi connectivity index (χ1) is 8.81. The number of benzene rings is 1. The first-order valence-electron chi connectivity index (χ1n) is 5.59. The lowest BCUT2D eigenvalue weighted by Crippen LogP contribution is -2.07. The molecule has 2 aromatic rings. The molecule has 0 radical (unpaired) electrons. The molecule has 1 heterocycles. The van der Waals surface area contributed by atoms with Crippen LogP contribution in [0.5, 0.6) is 17.4 Å². The van der Waals surface area contributed by atoms with Gasteiger partial charge in [-0.3, -0.25) is 4.98 Å². The summed E-state index contributed by atoms with van der Waals surface area (Å²) < 4.78 is 10.6. The zero-order valence-electron chi connectivity index (χ0n) is 10.4. The summed E-state index contributed by atoms with van der Waals surface area (Å²) in [5, 5.41) is 3.01. The summed E-state index contributed by atoms with van der Waals surface area (Å²) in [4.78, 5) is 8.40. The molecule has 0 amide bonds. The quantitative estimate of drug-likeness (QED) is 0.873. The van der Waals surface area contributed by atoms with Crippen LogP contribution < -0.4 is 14.8 Å². The van der Waals surface area contributed by atoms with Crippen molar-refractivity contribution in [1.82, 2.24) is 15.3 Å². The Balaban J connectivity index is 2.03. The molecule has 5 heteroatoms. The maximum Gasteiger partial charge on any atom is 0.237 e. The lowest BCUT2D eigenvalue weighted by atomic mass is 10.3. The van der Waals surface area contributed by atoms with Crippen LogP contribution in [0.15, 0.2) is 36.7 Å². The molecule has 0 saturated carbocycles. The normalized spacial score (nSPS) is 10.1. The van der Waals surface area contributed by atoms with Gasteiger partial charge in [0.05, 0.1) is 25.2 Å². The second kappa shape index (κ2) is 5.97. The van der Waals surface area contributed by atoms with Crippen LogP contribution in [0.1, 0.15) is 5.69 Å². The van der Waals surface area contributed by atoms with Gasteiger partial charge in [0.2, 0.25) is 5.88 Å². The molecule has 5 nitrogen and oxygen atoms in total. The third-order valence-electron chi connectivity index (χ3n) is 2.32. The van der Waals surface area contributed by atoms with E-state index in [0.717, 1.165) is 11.4 Å². The number of nitrogens with zero attached hydrogens (tertiary/aromatic N) is 2. The number of nitrogens with one attached hydrogen (secondary N) is 1. The molecule has 0 unspecified atom stereocenters. The van der Waals surface area contributed by atoms with E-state index in [1.165, 1.54) is 0 Å². The van der Waals surface area contributed by atoms with Crippen LogP contribution in [-0.4, -0.2) is 24.1 Å². The molecule has 0 aliphatic rings. The van der Waals surface area contributed by atoms with Crippen molar-refractivity contribution in [1.29, 1.82) is 0 Å².